The van der Waals surface area contributed by atoms with Crippen LogP contribution in [0.25, 0.3) is 0 Å². The van der Waals surface area contributed by atoms with E-state index in [9.17, 15) is 30.2 Å². The molecule has 3 rings (SSSR count). The van der Waals surface area contributed by atoms with Crippen molar-refractivity contribution in [2.45, 2.75) is 11.7 Å². The first kappa shape index (κ1) is 20.6. The van der Waals surface area contributed by atoms with Gasteiger partial charge in [0.25, 0.3) is 5.69 Å². The smallest absolute Gasteiger partial charge is 0.269 e. The number of hydrogen-bond acceptors (Lipinski definition) is 8. The molecule has 1 fully saturated rings. The summed E-state index contributed by atoms with van der Waals surface area (Å²) in [7, 11) is 0. The number of allylic oxidation sites excluding steroid dienone is 1. The quantitative estimate of drug-likeness (QED) is 0.325. The van der Waals surface area contributed by atoms with Crippen LogP contribution in [0.4, 0.5) is 17.1 Å². The lowest BCUT2D eigenvalue weighted by molar-refractivity contribution is -0.384. The summed E-state index contributed by atoms with van der Waals surface area (Å²) in [6.45, 7) is 0. The number of non-ortho nitro benzene ring substituents is 1. The number of imide groups is 1. The molecule has 0 spiro atoms. The molecule has 0 aliphatic carbocycles. The molecule has 10 heteroatoms. The highest BCUT2D eigenvalue weighted by Gasteiger charge is 2.41. The Hall–Kier alpha value is -4.15. The second-order valence-electron chi connectivity index (χ2n) is 6.07. The number of carbonyl (C=O) groups is 2. The summed E-state index contributed by atoms with van der Waals surface area (Å²) in [5.41, 5.74) is 0.472. The Morgan fingerprint density at radius 2 is 1.73 bits per heavy atom. The van der Waals surface area contributed by atoms with Crippen LogP contribution in [0.3, 0.4) is 0 Å². The van der Waals surface area contributed by atoms with Gasteiger partial charge in [0.05, 0.1) is 15.9 Å². The summed E-state index contributed by atoms with van der Waals surface area (Å²) < 4.78 is 0. The SMILES string of the molecule is N#CC(C#N)=C(Nc1ccccc1)S[C@H]1CC(=O)N(c2ccc([N+](=O)[O-])cc2)C1=O. The van der Waals surface area contributed by atoms with Crippen LogP contribution in [0.5, 0.6) is 0 Å². The van der Waals surface area contributed by atoms with Crippen molar-refractivity contribution < 1.29 is 14.5 Å². The Balaban J connectivity index is 1.84. The van der Waals surface area contributed by atoms with E-state index in [0.29, 0.717) is 5.69 Å². The summed E-state index contributed by atoms with van der Waals surface area (Å²) in [6.07, 6.45) is -0.134. The number of nitro groups is 1. The van der Waals surface area contributed by atoms with E-state index in [1.165, 1.54) is 24.3 Å². The molecule has 1 aliphatic rings. The third kappa shape index (κ3) is 4.29. The Bertz CT molecular complexity index is 1100. The number of carbonyl (C=O) groups excluding carboxylic acids is 2. The summed E-state index contributed by atoms with van der Waals surface area (Å²) in [5.74, 6) is -0.998. The van der Waals surface area contributed by atoms with Crippen LogP contribution in [0.1, 0.15) is 6.42 Å². The number of nitrogens with one attached hydrogen (secondary N) is 1. The highest BCUT2D eigenvalue weighted by Crippen LogP contribution is 2.35. The van der Waals surface area contributed by atoms with E-state index in [1.807, 2.05) is 0 Å². The average Bonchev–Trinajstić information content (AvgIpc) is 3.02. The van der Waals surface area contributed by atoms with Gasteiger partial charge in [-0.15, -0.1) is 0 Å². The van der Waals surface area contributed by atoms with Gasteiger partial charge in [-0.05, 0) is 24.3 Å². The molecule has 1 heterocycles. The summed E-state index contributed by atoms with van der Waals surface area (Å²) in [4.78, 5) is 36.5. The molecule has 2 amide bonds. The van der Waals surface area contributed by atoms with E-state index in [0.717, 1.165) is 16.7 Å². The standard InChI is InChI=1S/C20H13N5O4S/c21-11-13(12-22)19(23-14-4-2-1-3-5-14)30-17-10-18(26)24(20(17)27)15-6-8-16(9-7-15)25(28)29/h1-9,17,23H,10H2/t17-/m0/s1. The van der Waals surface area contributed by atoms with Gasteiger partial charge in [0.2, 0.25) is 11.8 Å². The minimum Gasteiger partial charge on any atom is -0.349 e. The summed E-state index contributed by atoms with van der Waals surface area (Å²) >= 11 is 0.926. The molecule has 0 unspecified atom stereocenters. The van der Waals surface area contributed by atoms with Crippen molar-refractivity contribution >= 4 is 40.6 Å². The van der Waals surface area contributed by atoms with Crippen molar-refractivity contribution in [2.75, 3.05) is 10.2 Å². The van der Waals surface area contributed by atoms with Crippen LogP contribution in [0, 0.1) is 32.8 Å². The maximum absolute atomic E-state index is 12.9. The average molecular weight is 419 g/mol. The molecular weight excluding hydrogens is 406 g/mol. The van der Waals surface area contributed by atoms with Gasteiger partial charge < -0.3 is 5.32 Å². The first-order valence-electron chi connectivity index (χ1n) is 8.59. The highest BCUT2D eigenvalue weighted by atomic mass is 32.2. The topological polar surface area (TPSA) is 140 Å². The maximum Gasteiger partial charge on any atom is 0.269 e. The molecule has 9 nitrogen and oxygen atoms in total. The summed E-state index contributed by atoms with van der Waals surface area (Å²) in [6, 6.07) is 17.5. The number of hydrogen-bond donors (Lipinski definition) is 1. The zero-order valence-electron chi connectivity index (χ0n) is 15.3. The van der Waals surface area contributed by atoms with Gasteiger partial charge >= 0.3 is 0 Å². The predicted octanol–water partition coefficient (Wildman–Crippen LogP) is 3.33. The van der Waals surface area contributed by atoms with E-state index in [4.69, 9.17) is 0 Å². The van der Waals surface area contributed by atoms with Gasteiger partial charge in [-0.1, -0.05) is 30.0 Å². The first-order valence-corrected chi connectivity index (χ1v) is 9.47. The van der Waals surface area contributed by atoms with E-state index in [2.05, 4.69) is 5.32 Å². The number of benzene rings is 2. The zero-order valence-corrected chi connectivity index (χ0v) is 16.1. The largest absolute Gasteiger partial charge is 0.349 e. The second kappa shape index (κ2) is 8.90. The molecule has 30 heavy (non-hydrogen) atoms. The second-order valence-corrected chi connectivity index (χ2v) is 7.28. The molecule has 0 aromatic heterocycles. The highest BCUT2D eigenvalue weighted by molar-refractivity contribution is 8.04. The lowest BCUT2D eigenvalue weighted by atomic mass is 10.2. The van der Waals surface area contributed by atoms with E-state index < -0.39 is 22.0 Å². The molecule has 1 atom stereocenters. The van der Waals surface area contributed by atoms with Crippen LogP contribution in [0.2, 0.25) is 0 Å². The number of anilines is 2. The number of thioether (sulfide) groups is 1. The van der Waals surface area contributed by atoms with Crippen LogP contribution in [-0.4, -0.2) is 22.0 Å². The Kier molecular flexibility index (Phi) is 6.11. The van der Waals surface area contributed by atoms with Crippen molar-refractivity contribution in [1.29, 1.82) is 10.5 Å². The lowest BCUT2D eigenvalue weighted by Gasteiger charge is -2.16. The van der Waals surface area contributed by atoms with Gasteiger partial charge in [0.15, 0.2) is 5.57 Å². The van der Waals surface area contributed by atoms with E-state index in [1.54, 1.807) is 42.5 Å². The van der Waals surface area contributed by atoms with Gasteiger partial charge in [0, 0.05) is 24.2 Å². The van der Waals surface area contributed by atoms with Gasteiger partial charge in [-0.25, -0.2) is 4.90 Å². The summed E-state index contributed by atoms with van der Waals surface area (Å²) in [5, 5.41) is 31.6. The van der Waals surface area contributed by atoms with Crippen LogP contribution in [0.15, 0.2) is 65.2 Å². The molecule has 0 radical (unpaired) electrons. The molecule has 2 aromatic carbocycles. The zero-order chi connectivity index (χ0) is 21.7. The maximum atomic E-state index is 12.9. The fourth-order valence-corrected chi connectivity index (χ4v) is 3.87. The third-order valence-electron chi connectivity index (χ3n) is 4.17. The van der Waals surface area contributed by atoms with Gasteiger partial charge in [0.1, 0.15) is 17.2 Å². The van der Waals surface area contributed by atoms with Crippen molar-refractivity contribution in [2.24, 2.45) is 0 Å². The van der Waals surface area contributed by atoms with Crippen molar-refractivity contribution in [3.63, 3.8) is 0 Å². The molecule has 2 aromatic rings. The molecule has 0 bridgehead atoms. The van der Waals surface area contributed by atoms with Crippen LogP contribution in [-0.2, 0) is 9.59 Å². The Labute approximate surface area is 175 Å². The molecule has 148 valence electrons. The van der Waals surface area contributed by atoms with Crippen molar-refractivity contribution in [3.8, 4) is 12.1 Å². The predicted molar refractivity (Wildman–Crippen MR) is 110 cm³/mol. The van der Waals surface area contributed by atoms with Gasteiger partial charge in [-0.2, -0.15) is 10.5 Å². The van der Waals surface area contributed by atoms with Gasteiger partial charge in [-0.3, -0.25) is 19.7 Å². The molecule has 1 aliphatic heterocycles. The third-order valence-corrected chi connectivity index (χ3v) is 5.36. The number of rotatable bonds is 6. The monoisotopic (exact) mass is 419 g/mol. The number of nitrogens with zero attached hydrogens (tertiary/aromatic N) is 4. The van der Waals surface area contributed by atoms with Crippen molar-refractivity contribution in [3.05, 3.63) is 75.3 Å². The first-order chi connectivity index (χ1) is 14.4. The molecule has 0 saturated carbocycles. The van der Waals surface area contributed by atoms with Crippen LogP contribution >= 0.6 is 11.8 Å². The van der Waals surface area contributed by atoms with E-state index >= 15 is 0 Å². The lowest BCUT2D eigenvalue weighted by Crippen LogP contribution is -2.31. The number of amides is 2. The molecular formula is C20H13N5O4S. The molecule has 1 saturated heterocycles. The number of nitriles is 2. The minimum atomic E-state index is -0.851. The Morgan fingerprint density at radius 3 is 2.30 bits per heavy atom. The fourth-order valence-electron chi connectivity index (χ4n) is 2.76. The Morgan fingerprint density at radius 1 is 1.10 bits per heavy atom. The number of para-hydroxylation sites is 1. The molecule has 1 N–H and O–H groups in total. The number of nitro benzene ring substituents is 1. The van der Waals surface area contributed by atoms with E-state index in [-0.39, 0.29) is 28.4 Å². The minimum absolute atomic E-state index is 0.134. The normalized spacial score (nSPS) is 15.3. The fraction of sp³-hybridized carbons (Fsp3) is 0.100. The van der Waals surface area contributed by atoms with Crippen LogP contribution < -0.4 is 10.2 Å². The van der Waals surface area contributed by atoms with Crippen molar-refractivity contribution in [1.82, 2.24) is 0 Å².